The standard InChI is InChI=1S/C23H38O3/c1-2-3-4-5-6-7-8-9-10-11-12-13-14-15-16-17-18-20-23(25)26-22-19-21-24/h6-7,9-10,12-13,15-16,24H,2-5,8,11,14,17-22H2,1H3. The maximum atomic E-state index is 11.3. The van der Waals surface area contributed by atoms with Crippen LogP contribution in [0, 0.1) is 0 Å². The fourth-order valence-electron chi connectivity index (χ4n) is 2.25. The SMILES string of the molecule is CCCCCC=CCC=CCC=CCC=CCCCC(=O)OCCCO. The van der Waals surface area contributed by atoms with Crippen molar-refractivity contribution in [2.75, 3.05) is 13.2 Å². The van der Waals surface area contributed by atoms with Crippen LogP contribution in [0.2, 0.25) is 0 Å². The lowest BCUT2D eigenvalue weighted by Gasteiger charge is -2.01. The van der Waals surface area contributed by atoms with Gasteiger partial charge in [0.15, 0.2) is 0 Å². The molecule has 0 bridgehead atoms. The lowest BCUT2D eigenvalue weighted by atomic mass is 10.2. The topological polar surface area (TPSA) is 46.5 Å². The third kappa shape index (κ3) is 20.4. The van der Waals surface area contributed by atoms with Crippen LogP contribution in [0.1, 0.15) is 77.6 Å². The number of allylic oxidation sites excluding steroid dienone is 8. The summed E-state index contributed by atoms with van der Waals surface area (Å²) in [6.45, 7) is 2.62. The fraction of sp³-hybridized carbons (Fsp3) is 0.609. The molecule has 0 fully saturated rings. The van der Waals surface area contributed by atoms with Gasteiger partial charge in [-0.3, -0.25) is 4.79 Å². The molecule has 0 aliphatic rings. The summed E-state index contributed by atoms with van der Waals surface area (Å²) < 4.78 is 4.97. The van der Waals surface area contributed by atoms with Gasteiger partial charge < -0.3 is 9.84 Å². The van der Waals surface area contributed by atoms with Gasteiger partial charge in [-0.1, -0.05) is 68.4 Å². The van der Waals surface area contributed by atoms with Gasteiger partial charge in [-0.15, -0.1) is 0 Å². The average molecular weight is 363 g/mol. The minimum absolute atomic E-state index is 0.0650. The summed E-state index contributed by atoms with van der Waals surface area (Å²) in [5, 5.41) is 8.60. The van der Waals surface area contributed by atoms with E-state index in [2.05, 4.69) is 55.5 Å². The molecule has 26 heavy (non-hydrogen) atoms. The molecule has 0 saturated heterocycles. The molecule has 0 spiro atoms. The van der Waals surface area contributed by atoms with Gasteiger partial charge in [0, 0.05) is 19.4 Å². The Morgan fingerprint density at radius 1 is 0.769 bits per heavy atom. The zero-order valence-corrected chi connectivity index (χ0v) is 16.6. The number of carbonyl (C=O) groups excluding carboxylic acids is 1. The zero-order chi connectivity index (χ0) is 19.1. The van der Waals surface area contributed by atoms with Crippen LogP contribution in [0.25, 0.3) is 0 Å². The predicted molar refractivity (Wildman–Crippen MR) is 111 cm³/mol. The third-order valence-corrected chi connectivity index (χ3v) is 3.77. The summed E-state index contributed by atoms with van der Waals surface area (Å²) in [7, 11) is 0. The molecule has 0 saturated carbocycles. The monoisotopic (exact) mass is 362 g/mol. The van der Waals surface area contributed by atoms with Gasteiger partial charge >= 0.3 is 5.97 Å². The molecular weight excluding hydrogens is 324 g/mol. The van der Waals surface area contributed by atoms with Gasteiger partial charge in [0.05, 0.1) is 6.61 Å². The Balaban J connectivity index is 3.44. The van der Waals surface area contributed by atoms with Crippen molar-refractivity contribution in [1.29, 1.82) is 0 Å². The molecule has 1 N–H and O–H groups in total. The van der Waals surface area contributed by atoms with Crippen LogP contribution in [0.4, 0.5) is 0 Å². The number of esters is 1. The maximum Gasteiger partial charge on any atom is 0.305 e. The second-order valence-electron chi connectivity index (χ2n) is 6.28. The molecule has 0 amide bonds. The van der Waals surface area contributed by atoms with Crippen LogP contribution in [0.5, 0.6) is 0 Å². The smallest absolute Gasteiger partial charge is 0.305 e. The highest BCUT2D eigenvalue weighted by Crippen LogP contribution is 2.02. The first-order valence-electron chi connectivity index (χ1n) is 10.2. The second-order valence-corrected chi connectivity index (χ2v) is 6.28. The number of hydrogen-bond donors (Lipinski definition) is 1. The minimum atomic E-state index is -0.172. The summed E-state index contributed by atoms with van der Waals surface area (Å²) in [5.41, 5.74) is 0. The van der Waals surface area contributed by atoms with E-state index in [1.807, 2.05) is 0 Å². The van der Waals surface area contributed by atoms with Crippen molar-refractivity contribution in [2.24, 2.45) is 0 Å². The van der Waals surface area contributed by atoms with Gasteiger partial charge in [0.1, 0.15) is 0 Å². The molecule has 0 heterocycles. The van der Waals surface area contributed by atoms with Gasteiger partial charge in [0.25, 0.3) is 0 Å². The summed E-state index contributed by atoms with van der Waals surface area (Å²) in [6, 6.07) is 0. The Hall–Kier alpha value is -1.61. The molecular formula is C23H38O3. The van der Waals surface area contributed by atoms with Crippen molar-refractivity contribution < 1.29 is 14.6 Å². The van der Waals surface area contributed by atoms with Gasteiger partial charge in [-0.2, -0.15) is 0 Å². The van der Waals surface area contributed by atoms with E-state index in [0.29, 0.717) is 19.4 Å². The van der Waals surface area contributed by atoms with E-state index >= 15 is 0 Å². The van der Waals surface area contributed by atoms with E-state index < -0.39 is 0 Å². The molecule has 148 valence electrons. The number of aliphatic hydroxyl groups is 1. The Morgan fingerprint density at radius 3 is 1.85 bits per heavy atom. The minimum Gasteiger partial charge on any atom is -0.466 e. The van der Waals surface area contributed by atoms with Crippen molar-refractivity contribution in [2.45, 2.75) is 77.6 Å². The fourth-order valence-corrected chi connectivity index (χ4v) is 2.25. The average Bonchev–Trinajstić information content (AvgIpc) is 2.64. The second kappa shape index (κ2) is 21.4. The summed E-state index contributed by atoms with van der Waals surface area (Å²) in [6.07, 6.45) is 28.3. The number of unbranched alkanes of at least 4 members (excludes halogenated alkanes) is 4. The Labute approximate surface area is 160 Å². The predicted octanol–water partition coefficient (Wildman–Crippen LogP) is 6.06. The molecule has 0 rings (SSSR count). The van der Waals surface area contributed by atoms with Crippen molar-refractivity contribution in [3.63, 3.8) is 0 Å². The van der Waals surface area contributed by atoms with Gasteiger partial charge in [0.2, 0.25) is 0 Å². The van der Waals surface area contributed by atoms with Crippen LogP contribution in [-0.4, -0.2) is 24.3 Å². The van der Waals surface area contributed by atoms with Crippen LogP contribution in [0.15, 0.2) is 48.6 Å². The Bertz CT molecular complexity index is 419. The van der Waals surface area contributed by atoms with Crippen LogP contribution >= 0.6 is 0 Å². The molecule has 0 aliphatic carbocycles. The quantitative estimate of drug-likeness (QED) is 0.194. The number of carbonyl (C=O) groups is 1. The molecule has 0 unspecified atom stereocenters. The summed E-state index contributed by atoms with van der Waals surface area (Å²) in [5.74, 6) is -0.172. The van der Waals surface area contributed by atoms with Crippen LogP contribution in [0.3, 0.4) is 0 Å². The first-order chi connectivity index (χ1) is 12.8. The largest absolute Gasteiger partial charge is 0.466 e. The van der Waals surface area contributed by atoms with Crippen molar-refractivity contribution >= 4 is 5.97 Å². The van der Waals surface area contributed by atoms with Gasteiger partial charge in [-0.05, 0) is 44.9 Å². The summed E-state index contributed by atoms with van der Waals surface area (Å²) in [4.78, 5) is 11.3. The number of ether oxygens (including phenoxy) is 1. The number of aliphatic hydroxyl groups excluding tert-OH is 1. The Kier molecular flexibility index (Phi) is 20.1. The highest BCUT2D eigenvalue weighted by Gasteiger charge is 2.00. The first-order valence-corrected chi connectivity index (χ1v) is 10.2. The van der Waals surface area contributed by atoms with Crippen molar-refractivity contribution in [1.82, 2.24) is 0 Å². The molecule has 0 aromatic heterocycles. The third-order valence-electron chi connectivity index (χ3n) is 3.77. The molecule has 0 aromatic carbocycles. The van der Waals surface area contributed by atoms with Gasteiger partial charge in [-0.25, -0.2) is 0 Å². The van der Waals surface area contributed by atoms with E-state index in [-0.39, 0.29) is 12.6 Å². The lowest BCUT2D eigenvalue weighted by Crippen LogP contribution is -2.06. The van der Waals surface area contributed by atoms with Crippen LogP contribution in [-0.2, 0) is 9.53 Å². The van der Waals surface area contributed by atoms with E-state index in [0.717, 1.165) is 32.1 Å². The van der Waals surface area contributed by atoms with E-state index in [1.54, 1.807) is 0 Å². The van der Waals surface area contributed by atoms with E-state index in [4.69, 9.17) is 9.84 Å². The normalized spacial score (nSPS) is 12.2. The molecule has 3 heteroatoms. The van der Waals surface area contributed by atoms with E-state index in [1.165, 1.54) is 25.7 Å². The highest BCUT2D eigenvalue weighted by atomic mass is 16.5. The Morgan fingerprint density at radius 2 is 1.31 bits per heavy atom. The van der Waals surface area contributed by atoms with E-state index in [9.17, 15) is 4.79 Å². The first kappa shape index (κ1) is 24.4. The maximum absolute atomic E-state index is 11.3. The van der Waals surface area contributed by atoms with Crippen LogP contribution < -0.4 is 0 Å². The lowest BCUT2D eigenvalue weighted by molar-refractivity contribution is -0.144. The van der Waals surface area contributed by atoms with Crippen molar-refractivity contribution in [3.8, 4) is 0 Å². The zero-order valence-electron chi connectivity index (χ0n) is 16.6. The number of rotatable bonds is 17. The van der Waals surface area contributed by atoms with Crippen molar-refractivity contribution in [3.05, 3.63) is 48.6 Å². The molecule has 0 aliphatic heterocycles. The summed E-state index contributed by atoms with van der Waals surface area (Å²) >= 11 is 0. The molecule has 0 aromatic rings. The number of hydrogen-bond acceptors (Lipinski definition) is 3. The molecule has 0 radical (unpaired) electrons. The molecule has 0 atom stereocenters. The highest BCUT2D eigenvalue weighted by molar-refractivity contribution is 5.69. The molecule has 3 nitrogen and oxygen atoms in total.